The molecule has 0 atom stereocenters. The molecule has 0 bridgehead atoms. The normalized spacial score (nSPS) is 16.7. The highest BCUT2D eigenvalue weighted by Gasteiger charge is 2.34. The van der Waals surface area contributed by atoms with Crippen LogP contribution in [0, 0.1) is 0 Å². The van der Waals surface area contributed by atoms with Gasteiger partial charge in [-0.3, -0.25) is 0 Å². The maximum Gasteiger partial charge on any atom is 0.416 e. The maximum atomic E-state index is 12.8. The van der Waals surface area contributed by atoms with Crippen molar-refractivity contribution in [2.45, 2.75) is 11.1 Å². The number of rotatable bonds is 3. The summed E-state index contributed by atoms with van der Waals surface area (Å²) >= 11 is 6.16. The second kappa shape index (κ2) is 7.09. The highest BCUT2D eigenvalue weighted by Crippen LogP contribution is 2.32. The number of piperazine rings is 1. The Hall–Kier alpha value is -1.77. The maximum absolute atomic E-state index is 12.8. The summed E-state index contributed by atoms with van der Waals surface area (Å²) in [6.45, 7) is 1.15. The Labute approximate surface area is 154 Å². The summed E-state index contributed by atoms with van der Waals surface area (Å²) < 4.78 is 65.1. The minimum absolute atomic E-state index is 0.170. The van der Waals surface area contributed by atoms with Crippen LogP contribution in [0.25, 0.3) is 0 Å². The van der Waals surface area contributed by atoms with E-state index in [1.807, 2.05) is 17.0 Å². The van der Waals surface area contributed by atoms with Gasteiger partial charge in [-0.25, -0.2) is 8.42 Å². The van der Waals surface area contributed by atoms with Gasteiger partial charge in [0.05, 0.1) is 21.2 Å². The second-order valence-electron chi connectivity index (χ2n) is 5.87. The largest absolute Gasteiger partial charge is 0.416 e. The zero-order chi connectivity index (χ0) is 18.9. The molecule has 2 aromatic carbocycles. The van der Waals surface area contributed by atoms with Gasteiger partial charge < -0.3 is 4.90 Å². The number of hydrogen-bond acceptors (Lipinski definition) is 3. The molecular weight excluding hydrogens is 389 g/mol. The number of sulfonamides is 1. The zero-order valence-corrected chi connectivity index (χ0v) is 15.2. The van der Waals surface area contributed by atoms with E-state index in [9.17, 15) is 21.6 Å². The number of para-hydroxylation sites is 1. The Morgan fingerprint density at radius 1 is 0.923 bits per heavy atom. The lowest BCUT2D eigenvalue weighted by molar-refractivity contribution is -0.137. The van der Waals surface area contributed by atoms with Gasteiger partial charge in [0, 0.05) is 26.2 Å². The van der Waals surface area contributed by atoms with Crippen LogP contribution in [-0.4, -0.2) is 38.9 Å². The lowest BCUT2D eigenvalue weighted by Crippen LogP contribution is -2.48. The summed E-state index contributed by atoms with van der Waals surface area (Å²) in [7, 11) is -3.99. The third kappa shape index (κ3) is 3.82. The van der Waals surface area contributed by atoms with Crippen molar-refractivity contribution in [3.05, 3.63) is 59.1 Å². The molecule has 9 heteroatoms. The van der Waals surface area contributed by atoms with E-state index in [0.717, 1.165) is 17.8 Å². The highest BCUT2D eigenvalue weighted by molar-refractivity contribution is 7.89. The number of benzene rings is 2. The molecule has 0 aromatic heterocycles. The van der Waals surface area contributed by atoms with Gasteiger partial charge in [-0.15, -0.1) is 0 Å². The number of anilines is 1. The molecule has 3 rings (SSSR count). The van der Waals surface area contributed by atoms with Crippen molar-refractivity contribution in [1.29, 1.82) is 0 Å². The summed E-state index contributed by atoms with van der Waals surface area (Å²) in [6, 6.07) is 11.1. The fourth-order valence-corrected chi connectivity index (χ4v) is 4.58. The number of halogens is 4. The summed E-state index contributed by atoms with van der Waals surface area (Å²) in [5, 5.41) is 0.571. The molecule has 0 saturated carbocycles. The van der Waals surface area contributed by atoms with Crippen LogP contribution in [0.1, 0.15) is 5.56 Å². The summed E-state index contributed by atoms with van der Waals surface area (Å²) in [5.41, 5.74) is -0.168. The van der Waals surface area contributed by atoms with E-state index in [2.05, 4.69) is 0 Å². The van der Waals surface area contributed by atoms with Crippen molar-refractivity contribution >= 4 is 27.3 Å². The van der Waals surface area contributed by atoms with Gasteiger partial charge in [-0.1, -0.05) is 29.8 Å². The van der Waals surface area contributed by atoms with Crippen LogP contribution in [-0.2, 0) is 16.2 Å². The third-order valence-corrected chi connectivity index (χ3v) is 6.45. The Morgan fingerprint density at radius 2 is 1.58 bits per heavy atom. The van der Waals surface area contributed by atoms with Gasteiger partial charge in [0.1, 0.15) is 0 Å². The predicted molar refractivity (Wildman–Crippen MR) is 93.9 cm³/mol. The topological polar surface area (TPSA) is 40.6 Å². The van der Waals surface area contributed by atoms with Gasteiger partial charge in [-0.05, 0) is 30.3 Å². The van der Waals surface area contributed by atoms with Crippen LogP contribution in [0.15, 0.2) is 53.4 Å². The van der Waals surface area contributed by atoms with Crippen LogP contribution in [0.2, 0.25) is 5.02 Å². The smallest absolute Gasteiger partial charge is 0.368 e. The molecule has 0 radical (unpaired) electrons. The van der Waals surface area contributed by atoms with Crippen molar-refractivity contribution in [2.75, 3.05) is 31.1 Å². The highest BCUT2D eigenvalue weighted by atomic mass is 35.5. The Balaban J connectivity index is 1.78. The van der Waals surface area contributed by atoms with E-state index in [4.69, 9.17) is 11.6 Å². The Morgan fingerprint density at radius 3 is 2.19 bits per heavy atom. The Kier molecular flexibility index (Phi) is 5.18. The average Bonchev–Trinajstić information content (AvgIpc) is 2.62. The molecule has 0 spiro atoms. The molecule has 1 aliphatic heterocycles. The fraction of sp³-hybridized carbons (Fsp3) is 0.294. The van der Waals surface area contributed by atoms with Crippen LogP contribution in [0.5, 0.6) is 0 Å². The fourth-order valence-electron chi connectivity index (χ4n) is 2.86. The van der Waals surface area contributed by atoms with E-state index < -0.39 is 21.8 Å². The molecule has 4 nitrogen and oxygen atoms in total. The number of hydrogen-bond donors (Lipinski definition) is 0. The molecule has 0 aliphatic carbocycles. The van der Waals surface area contributed by atoms with E-state index in [-0.39, 0.29) is 18.0 Å². The SMILES string of the molecule is O=S(=O)(c1cccc(C(F)(F)F)c1)N1CCN(c2ccccc2Cl)CC1. The molecule has 1 aliphatic rings. The Bertz CT molecular complexity index is 895. The number of alkyl halides is 3. The lowest BCUT2D eigenvalue weighted by atomic mass is 10.2. The average molecular weight is 405 g/mol. The monoisotopic (exact) mass is 404 g/mol. The van der Waals surface area contributed by atoms with Gasteiger partial charge >= 0.3 is 6.18 Å². The molecule has 140 valence electrons. The van der Waals surface area contributed by atoms with Crippen LogP contribution >= 0.6 is 11.6 Å². The van der Waals surface area contributed by atoms with E-state index in [1.54, 1.807) is 12.1 Å². The first kappa shape index (κ1) is 19.0. The van der Waals surface area contributed by atoms with Crippen molar-refractivity contribution < 1.29 is 21.6 Å². The molecule has 1 fully saturated rings. The second-order valence-corrected chi connectivity index (χ2v) is 8.21. The van der Waals surface area contributed by atoms with Gasteiger partial charge in [0.25, 0.3) is 0 Å². The van der Waals surface area contributed by atoms with E-state index in [0.29, 0.717) is 24.2 Å². The summed E-state index contributed by atoms with van der Waals surface area (Å²) in [4.78, 5) is 1.61. The summed E-state index contributed by atoms with van der Waals surface area (Å²) in [5.74, 6) is 0. The van der Waals surface area contributed by atoms with Gasteiger partial charge in [0.2, 0.25) is 10.0 Å². The molecule has 1 saturated heterocycles. The standard InChI is InChI=1S/C17H16ClF3N2O2S/c18-15-6-1-2-7-16(15)22-8-10-23(11-9-22)26(24,25)14-5-3-4-13(12-14)17(19,20)21/h1-7,12H,8-11H2. The summed E-state index contributed by atoms with van der Waals surface area (Å²) in [6.07, 6.45) is -4.59. The molecule has 0 amide bonds. The van der Waals surface area contributed by atoms with E-state index >= 15 is 0 Å². The van der Waals surface area contributed by atoms with E-state index in [1.165, 1.54) is 10.4 Å². The minimum atomic E-state index is -4.59. The van der Waals surface area contributed by atoms with Gasteiger partial charge in [-0.2, -0.15) is 17.5 Å². The molecule has 0 unspecified atom stereocenters. The molecular formula is C17H16ClF3N2O2S. The van der Waals surface area contributed by atoms with Crippen molar-refractivity contribution in [1.82, 2.24) is 4.31 Å². The van der Waals surface area contributed by atoms with Crippen LogP contribution in [0.4, 0.5) is 18.9 Å². The van der Waals surface area contributed by atoms with Crippen molar-refractivity contribution in [3.63, 3.8) is 0 Å². The number of nitrogens with zero attached hydrogens (tertiary/aromatic N) is 2. The first-order valence-corrected chi connectivity index (χ1v) is 9.68. The van der Waals surface area contributed by atoms with Crippen LogP contribution in [0.3, 0.4) is 0 Å². The first-order chi connectivity index (χ1) is 12.2. The zero-order valence-electron chi connectivity index (χ0n) is 13.6. The minimum Gasteiger partial charge on any atom is -0.368 e. The van der Waals surface area contributed by atoms with Crippen molar-refractivity contribution in [3.8, 4) is 0 Å². The molecule has 2 aromatic rings. The molecule has 0 N–H and O–H groups in total. The van der Waals surface area contributed by atoms with Gasteiger partial charge in [0.15, 0.2) is 0 Å². The van der Waals surface area contributed by atoms with Crippen LogP contribution < -0.4 is 4.90 Å². The third-order valence-electron chi connectivity index (χ3n) is 4.23. The quantitative estimate of drug-likeness (QED) is 0.779. The van der Waals surface area contributed by atoms with Crippen molar-refractivity contribution in [2.24, 2.45) is 0 Å². The lowest BCUT2D eigenvalue weighted by Gasteiger charge is -2.35. The predicted octanol–water partition coefficient (Wildman–Crippen LogP) is 3.87. The molecule has 1 heterocycles. The first-order valence-electron chi connectivity index (χ1n) is 7.86. The molecule has 26 heavy (non-hydrogen) atoms.